The molecule has 0 aliphatic rings. The number of hydrogen-bond donors (Lipinski definition) is 0. The van der Waals surface area contributed by atoms with Crippen LogP contribution in [0.25, 0.3) is 0 Å². The zero-order valence-corrected chi connectivity index (χ0v) is 13.2. The first-order valence-corrected chi connectivity index (χ1v) is 7.30. The van der Waals surface area contributed by atoms with Gasteiger partial charge in [-0.1, -0.05) is 13.8 Å². The summed E-state index contributed by atoms with van der Waals surface area (Å²) in [5.74, 6) is -1.70. The van der Waals surface area contributed by atoms with E-state index in [1.165, 1.54) is 12.2 Å². The van der Waals surface area contributed by atoms with Crippen LogP contribution in [-0.2, 0) is 28.5 Å². The number of rotatable bonds is 15. The Morgan fingerprint density at radius 3 is 1.77 bits per heavy atom. The quantitative estimate of drug-likeness (QED) is 0.256. The Kier molecular flexibility index (Phi) is 13.6. The molecular formula is C14H24N2O6. The van der Waals surface area contributed by atoms with Gasteiger partial charge in [0.1, 0.15) is 6.61 Å². The predicted molar refractivity (Wildman–Crippen MR) is 78.0 cm³/mol. The van der Waals surface area contributed by atoms with Crippen LogP contribution in [0.15, 0.2) is 9.98 Å². The molecule has 0 aromatic carbocycles. The smallest absolute Gasteiger partial charge is 0.302 e. The van der Waals surface area contributed by atoms with E-state index in [-0.39, 0.29) is 19.8 Å². The topological polar surface area (TPSA) is 95.8 Å². The Morgan fingerprint density at radius 2 is 1.27 bits per heavy atom. The Balaban J connectivity index is 4.02. The van der Waals surface area contributed by atoms with Crippen LogP contribution in [0.3, 0.4) is 0 Å². The second kappa shape index (κ2) is 14.5. The van der Waals surface area contributed by atoms with Gasteiger partial charge in [0, 0.05) is 6.61 Å². The first-order chi connectivity index (χ1) is 10.7. The van der Waals surface area contributed by atoms with Gasteiger partial charge in [0.2, 0.25) is 12.2 Å². The summed E-state index contributed by atoms with van der Waals surface area (Å²) in [6.07, 6.45) is 4.31. The summed E-state index contributed by atoms with van der Waals surface area (Å²) < 4.78 is 21.1. The third-order valence-electron chi connectivity index (χ3n) is 2.36. The van der Waals surface area contributed by atoms with Crippen molar-refractivity contribution in [2.24, 2.45) is 9.98 Å². The number of hydrogen-bond acceptors (Lipinski definition) is 8. The first kappa shape index (κ1) is 20.6. The summed E-state index contributed by atoms with van der Waals surface area (Å²) in [5.41, 5.74) is 0. The van der Waals surface area contributed by atoms with Crippen LogP contribution in [0.4, 0.5) is 0 Å². The lowest BCUT2D eigenvalue weighted by Gasteiger charge is -2.21. The molecule has 0 aliphatic heterocycles. The molecule has 0 spiro atoms. The van der Waals surface area contributed by atoms with Gasteiger partial charge in [-0.05, 0) is 12.8 Å². The number of aliphatic imine (C=N–C) groups is 2. The van der Waals surface area contributed by atoms with E-state index >= 15 is 0 Å². The number of carbonyl (C=O) groups excluding carboxylic acids is 2. The molecule has 0 bridgehead atoms. The maximum absolute atomic E-state index is 10.5. The van der Waals surface area contributed by atoms with E-state index in [0.717, 1.165) is 6.42 Å². The highest BCUT2D eigenvalue weighted by Crippen LogP contribution is 2.15. The molecule has 0 radical (unpaired) electrons. The van der Waals surface area contributed by atoms with Crippen molar-refractivity contribution >= 4 is 12.2 Å². The van der Waals surface area contributed by atoms with Crippen molar-refractivity contribution in [3.05, 3.63) is 0 Å². The number of ether oxygens (including phenoxy) is 4. The van der Waals surface area contributed by atoms with Gasteiger partial charge in [-0.2, -0.15) is 0 Å². The minimum atomic E-state index is -1.70. The molecule has 0 aliphatic carbocycles. The van der Waals surface area contributed by atoms with E-state index < -0.39 is 5.85 Å². The Bertz CT molecular complexity index is 346. The van der Waals surface area contributed by atoms with Crippen LogP contribution >= 0.6 is 0 Å². The van der Waals surface area contributed by atoms with Gasteiger partial charge in [-0.25, -0.2) is 9.59 Å². The van der Waals surface area contributed by atoms with Crippen LogP contribution in [0.5, 0.6) is 0 Å². The van der Waals surface area contributed by atoms with Crippen molar-refractivity contribution in [1.82, 2.24) is 0 Å². The lowest BCUT2D eigenvalue weighted by molar-refractivity contribution is -0.0942. The highest BCUT2D eigenvalue weighted by atomic mass is 16.6. The second-order valence-corrected chi connectivity index (χ2v) is 4.28. The van der Waals surface area contributed by atoms with Gasteiger partial charge < -0.3 is 18.9 Å². The fourth-order valence-electron chi connectivity index (χ4n) is 1.39. The molecule has 0 unspecified atom stereocenters. The third-order valence-corrected chi connectivity index (χ3v) is 2.36. The summed E-state index contributed by atoms with van der Waals surface area (Å²) in [6, 6.07) is 0. The highest BCUT2D eigenvalue weighted by molar-refractivity contribution is 5.38. The van der Waals surface area contributed by atoms with Gasteiger partial charge >= 0.3 is 5.85 Å². The average molecular weight is 316 g/mol. The molecule has 22 heavy (non-hydrogen) atoms. The van der Waals surface area contributed by atoms with Crippen molar-refractivity contribution in [3.8, 4) is 0 Å². The average Bonchev–Trinajstić information content (AvgIpc) is 2.52. The summed E-state index contributed by atoms with van der Waals surface area (Å²) >= 11 is 0. The molecular weight excluding hydrogens is 292 g/mol. The summed E-state index contributed by atoms with van der Waals surface area (Å²) in [6.45, 7) is 6.29. The summed E-state index contributed by atoms with van der Waals surface area (Å²) in [5, 5.41) is 0. The number of isocyanates is 2. The van der Waals surface area contributed by atoms with Crippen LogP contribution in [0.2, 0.25) is 0 Å². The monoisotopic (exact) mass is 316 g/mol. The zero-order chi connectivity index (χ0) is 16.5. The molecule has 0 aromatic rings. The Morgan fingerprint density at radius 1 is 0.773 bits per heavy atom. The fourth-order valence-corrected chi connectivity index (χ4v) is 1.39. The van der Waals surface area contributed by atoms with E-state index in [1.807, 2.05) is 13.8 Å². The maximum atomic E-state index is 10.5. The van der Waals surface area contributed by atoms with Crippen LogP contribution in [0.1, 0.15) is 26.7 Å². The molecule has 0 fully saturated rings. The molecule has 0 amide bonds. The summed E-state index contributed by atoms with van der Waals surface area (Å²) in [4.78, 5) is 27.7. The van der Waals surface area contributed by atoms with Crippen LogP contribution in [0, 0.1) is 0 Å². The molecule has 0 heterocycles. The molecule has 0 saturated carbocycles. The normalized spacial score (nSPS) is 13.0. The van der Waals surface area contributed by atoms with Crippen molar-refractivity contribution in [3.63, 3.8) is 0 Å². The van der Waals surface area contributed by atoms with Crippen LogP contribution < -0.4 is 0 Å². The first-order valence-electron chi connectivity index (χ1n) is 7.30. The zero-order valence-electron chi connectivity index (χ0n) is 13.2. The fraction of sp³-hybridized carbons (Fsp3) is 0.857. The SMILES string of the molecule is CCCOCCOCCOCC(N=C=O)(N=C=O)OCCC. The molecule has 8 heteroatoms. The van der Waals surface area contributed by atoms with Gasteiger partial charge in [0.05, 0.1) is 33.0 Å². The molecule has 0 aromatic heterocycles. The Hall–Kier alpha value is -1.40. The van der Waals surface area contributed by atoms with Crippen molar-refractivity contribution in [1.29, 1.82) is 0 Å². The molecule has 0 atom stereocenters. The van der Waals surface area contributed by atoms with Gasteiger partial charge in [0.25, 0.3) is 0 Å². The van der Waals surface area contributed by atoms with Gasteiger partial charge in [-0.3, -0.25) is 0 Å². The maximum Gasteiger partial charge on any atom is 0.302 e. The van der Waals surface area contributed by atoms with E-state index in [9.17, 15) is 9.59 Å². The van der Waals surface area contributed by atoms with Crippen molar-refractivity contribution < 1.29 is 28.5 Å². The lowest BCUT2D eigenvalue weighted by Crippen LogP contribution is -2.34. The number of nitrogens with zero attached hydrogens (tertiary/aromatic N) is 2. The van der Waals surface area contributed by atoms with E-state index in [1.54, 1.807) is 0 Å². The molecule has 0 N–H and O–H groups in total. The van der Waals surface area contributed by atoms with Crippen molar-refractivity contribution in [2.75, 3.05) is 46.2 Å². The molecule has 126 valence electrons. The van der Waals surface area contributed by atoms with Crippen molar-refractivity contribution in [2.45, 2.75) is 32.5 Å². The Labute approximate surface area is 130 Å². The minimum Gasteiger partial charge on any atom is -0.379 e. The minimum absolute atomic E-state index is 0.187. The second-order valence-electron chi connectivity index (χ2n) is 4.28. The van der Waals surface area contributed by atoms with E-state index in [0.29, 0.717) is 32.8 Å². The van der Waals surface area contributed by atoms with Crippen LogP contribution in [-0.4, -0.2) is 64.3 Å². The van der Waals surface area contributed by atoms with E-state index in [4.69, 9.17) is 18.9 Å². The highest BCUT2D eigenvalue weighted by Gasteiger charge is 2.31. The predicted octanol–water partition coefficient (Wildman–Crippen LogP) is 1.20. The van der Waals surface area contributed by atoms with Gasteiger partial charge in [0.15, 0.2) is 0 Å². The largest absolute Gasteiger partial charge is 0.379 e. The molecule has 0 saturated heterocycles. The molecule has 0 rings (SSSR count). The molecule has 8 nitrogen and oxygen atoms in total. The van der Waals surface area contributed by atoms with Gasteiger partial charge in [-0.15, -0.1) is 9.98 Å². The lowest BCUT2D eigenvalue weighted by atomic mass is 10.4. The summed E-state index contributed by atoms with van der Waals surface area (Å²) in [7, 11) is 0. The standard InChI is InChI=1S/C14H24N2O6/c1-3-5-19-7-8-20-9-10-21-11-14(15-12-17,16-13-18)22-6-4-2/h3-11H2,1-2H3. The van der Waals surface area contributed by atoms with E-state index in [2.05, 4.69) is 9.98 Å². The third kappa shape index (κ3) is 10.3.